The van der Waals surface area contributed by atoms with Crippen LogP contribution in [0.2, 0.25) is 5.28 Å². The van der Waals surface area contributed by atoms with E-state index in [-0.39, 0.29) is 5.28 Å². The molecule has 1 aromatic carbocycles. The average molecular weight is 302 g/mol. The average Bonchev–Trinajstić information content (AvgIpc) is 2.53. The molecule has 0 saturated carbocycles. The van der Waals surface area contributed by atoms with Gasteiger partial charge in [-0.2, -0.15) is 4.98 Å². The molecule has 0 fully saturated rings. The Morgan fingerprint density at radius 3 is 2.24 bits per heavy atom. The van der Waals surface area contributed by atoms with Crippen molar-refractivity contribution in [2.24, 2.45) is 0 Å². The molecule has 0 spiro atoms. The SMILES string of the molecule is COc1cc(OC)cc(-c2cnc3nc(Cl)ncc3c2)c1. The summed E-state index contributed by atoms with van der Waals surface area (Å²) in [5, 5.41) is 1.00. The van der Waals surface area contributed by atoms with Crippen LogP contribution in [0.4, 0.5) is 0 Å². The largest absolute Gasteiger partial charge is 0.497 e. The van der Waals surface area contributed by atoms with Gasteiger partial charge in [0.05, 0.1) is 14.2 Å². The van der Waals surface area contributed by atoms with Gasteiger partial charge in [-0.25, -0.2) is 9.97 Å². The van der Waals surface area contributed by atoms with Gasteiger partial charge in [0, 0.05) is 29.4 Å². The first-order valence-corrected chi connectivity index (χ1v) is 6.59. The highest BCUT2D eigenvalue weighted by Gasteiger charge is 2.07. The van der Waals surface area contributed by atoms with Crippen molar-refractivity contribution in [1.29, 1.82) is 0 Å². The summed E-state index contributed by atoms with van der Waals surface area (Å²) < 4.78 is 10.6. The maximum absolute atomic E-state index is 5.76. The standard InChI is InChI=1S/C15H12ClN3O2/c1-20-12-4-9(5-13(6-12)21-2)10-3-11-8-18-15(16)19-14(11)17-7-10/h3-8H,1-2H3. The molecule has 0 atom stereocenters. The molecule has 2 heterocycles. The highest BCUT2D eigenvalue weighted by atomic mass is 35.5. The predicted octanol–water partition coefficient (Wildman–Crippen LogP) is 3.36. The summed E-state index contributed by atoms with van der Waals surface area (Å²) in [5.41, 5.74) is 2.43. The van der Waals surface area contributed by atoms with E-state index in [4.69, 9.17) is 21.1 Å². The zero-order chi connectivity index (χ0) is 14.8. The highest BCUT2D eigenvalue weighted by molar-refractivity contribution is 6.28. The van der Waals surface area contributed by atoms with Crippen LogP contribution in [0.15, 0.2) is 36.7 Å². The fourth-order valence-electron chi connectivity index (χ4n) is 2.03. The number of methoxy groups -OCH3 is 2. The van der Waals surface area contributed by atoms with E-state index in [1.807, 2.05) is 24.3 Å². The van der Waals surface area contributed by atoms with Crippen molar-refractivity contribution in [1.82, 2.24) is 15.0 Å². The number of fused-ring (bicyclic) bond motifs is 1. The van der Waals surface area contributed by atoms with Gasteiger partial charge >= 0.3 is 0 Å². The van der Waals surface area contributed by atoms with Crippen LogP contribution in [-0.4, -0.2) is 29.2 Å². The van der Waals surface area contributed by atoms with Crippen LogP contribution < -0.4 is 9.47 Å². The quantitative estimate of drug-likeness (QED) is 0.694. The number of aromatic nitrogens is 3. The van der Waals surface area contributed by atoms with Gasteiger partial charge in [0.25, 0.3) is 0 Å². The number of hydrogen-bond acceptors (Lipinski definition) is 5. The maximum Gasteiger partial charge on any atom is 0.224 e. The lowest BCUT2D eigenvalue weighted by molar-refractivity contribution is 0.394. The molecule has 3 rings (SSSR count). The normalized spacial score (nSPS) is 10.6. The van der Waals surface area contributed by atoms with Crippen LogP contribution in [-0.2, 0) is 0 Å². The van der Waals surface area contributed by atoms with Crippen molar-refractivity contribution < 1.29 is 9.47 Å². The van der Waals surface area contributed by atoms with E-state index in [1.54, 1.807) is 26.6 Å². The van der Waals surface area contributed by atoms with Crippen LogP contribution >= 0.6 is 11.6 Å². The van der Waals surface area contributed by atoms with Crippen molar-refractivity contribution in [2.75, 3.05) is 14.2 Å². The number of pyridine rings is 1. The van der Waals surface area contributed by atoms with E-state index in [0.717, 1.165) is 28.0 Å². The smallest absolute Gasteiger partial charge is 0.224 e. The van der Waals surface area contributed by atoms with E-state index in [0.29, 0.717) is 5.65 Å². The molecule has 0 radical (unpaired) electrons. The molecule has 3 aromatic rings. The highest BCUT2D eigenvalue weighted by Crippen LogP contribution is 2.30. The lowest BCUT2D eigenvalue weighted by Gasteiger charge is -2.09. The van der Waals surface area contributed by atoms with E-state index in [1.165, 1.54) is 0 Å². The van der Waals surface area contributed by atoms with Gasteiger partial charge in [0.15, 0.2) is 5.65 Å². The van der Waals surface area contributed by atoms with Crippen molar-refractivity contribution in [3.8, 4) is 22.6 Å². The Kier molecular flexibility index (Phi) is 3.58. The number of hydrogen-bond donors (Lipinski definition) is 0. The van der Waals surface area contributed by atoms with E-state index in [9.17, 15) is 0 Å². The first-order valence-electron chi connectivity index (χ1n) is 6.21. The third-order valence-corrected chi connectivity index (χ3v) is 3.27. The van der Waals surface area contributed by atoms with Gasteiger partial charge in [-0.05, 0) is 35.4 Å². The lowest BCUT2D eigenvalue weighted by Crippen LogP contribution is -1.91. The first kappa shape index (κ1) is 13.6. The third kappa shape index (κ3) is 2.73. The Hall–Kier alpha value is -2.40. The van der Waals surface area contributed by atoms with Crippen LogP contribution in [0.25, 0.3) is 22.2 Å². The summed E-state index contributed by atoms with van der Waals surface area (Å²) in [7, 11) is 3.24. The summed E-state index contributed by atoms with van der Waals surface area (Å²) in [4.78, 5) is 12.4. The molecule has 6 heteroatoms. The summed E-state index contributed by atoms with van der Waals surface area (Å²) in [6.07, 6.45) is 3.39. The molecule has 0 unspecified atom stereocenters. The molecule has 0 saturated heterocycles. The van der Waals surface area contributed by atoms with Crippen molar-refractivity contribution in [2.45, 2.75) is 0 Å². The number of halogens is 1. The zero-order valence-corrected chi connectivity index (χ0v) is 12.3. The molecule has 21 heavy (non-hydrogen) atoms. The summed E-state index contributed by atoms with van der Waals surface area (Å²) in [6, 6.07) is 7.61. The molecule has 0 aliphatic heterocycles. The first-order chi connectivity index (χ1) is 10.2. The zero-order valence-electron chi connectivity index (χ0n) is 11.5. The van der Waals surface area contributed by atoms with Gasteiger partial charge in [-0.3, -0.25) is 0 Å². The molecule has 2 aromatic heterocycles. The lowest BCUT2D eigenvalue weighted by atomic mass is 10.1. The molecule has 0 bridgehead atoms. The van der Waals surface area contributed by atoms with Gasteiger partial charge < -0.3 is 9.47 Å². The Morgan fingerprint density at radius 2 is 1.57 bits per heavy atom. The Labute approximate surface area is 126 Å². The fourth-order valence-corrected chi connectivity index (χ4v) is 2.16. The number of nitrogens with zero attached hydrogens (tertiary/aromatic N) is 3. The van der Waals surface area contributed by atoms with E-state index < -0.39 is 0 Å². The van der Waals surface area contributed by atoms with Crippen LogP contribution in [0.5, 0.6) is 11.5 Å². The molecule has 0 aliphatic carbocycles. The van der Waals surface area contributed by atoms with Crippen LogP contribution in [0.3, 0.4) is 0 Å². The summed E-state index contributed by atoms with van der Waals surface area (Å²) in [6.45, 7) is 0. The molecule has 106 valence electrons. The minimum absolute atomic E-state index is 0.186. The number of benzene rings is 1. The number of rotatable bonds is 3. The Morgan fingerprint density at radius 1 is 0.857 bits per heavy atom. The predicted molar refractivity (Wildman–Crippen MR) is 80.9 cm³/mol. The second-order valence-corrected chi connectivity index (χ2v) is 4.72. The van der Waals surface area contributed by atoms with Gasteiger partial charge in [0.1, 0.15) is 11.5 Å². The minimum Gasteiger partial charge on any atom is -0.497 e. The molecular formula is C15H12ClN3O2. The molecule has 5 nitrogen and oxygen atoms in total. The van der Waals surface area contributed by atoms with E-state index in [2.05, 4.69) is 15.0 Å². The van der Waals surface area contributed by atoms with Crippen molar-refractivity contribution in [3.63, 3.8) is 0 Å². The molecule has 0 amide bonds. The van der Waals surface area contributed by atoms with Crippen molar-refractivity contribution in [3.05, 3.63) is 41.9 Å². The minimum atomic E-state index is 0.186. The molecule has 0 aliphatic rings. The Bertz CT molecular complexity index is 786. The third-order valence-electron chi connectivity index (χ3n) is 3.09. The summed E-state index contributed by atoms with van der Waals surface area (Å²) >= 11 is 5.76. The second kappa shape index (κ2) is 5.54. The maximum atomic E-state index is 5.76. The van der Waals surface area contributed by atoms with Gasteiger partial charge in [0.2, 0.25) is 5.28 Å². The fraction of sp³-hybridized carbons (Fsp3) is 0.133. The van der Waals surface area contributed by atoms with Crippen LogP contribution in [0, 0.1) is 0 Å². The molecular weight excluding hydrogens is 290 g/mol. The number of ether oxygens (including phenoxy) is 2. The monoisotopic (exact) mass is 301 g/mol. The topological polar surface area (TPSA) is 57.1 Å². The van der Waals surface area contributed by atoms with Gasteiger partial charge in [-0.1, -0.05) is 0 Å². The second-order valence-electron chi connectivity index (χ2n) is 4.38. The van der Waals surface area contributed by atoms with Crippen LogP contribution in [0.1, 0.15) is 0 Å². The summed E-state index contributed by atoms with van der Waals surface area (Å²) in [5.74, 6) is 1.44. The van der Waals surface area contributed by atoms with Crippen molar-refractivity contribution >= 4 is 22.6 Å². The molecule has 0 N–H and O–H groups in total. The Balaban J connectivity index is 2.13. The van der Waals surface area contributed by atoms with E-state index >= 15 is 0 Å². The van der Waals surface area contributed by atoms with Gasteiger partial charge in [-0.15, -0.1) is 0 Å².